The van der Waals surface area contributed by atoms with Crippen LogP contribution in [0.4, 0.5) is 16.2 Å². The van der Waals surface area contributed by atoms with Crippen LogP contribution in [0, 0.1) is 12.7 Å². The fraction of sp³-hybridized carbons (Fsp3) is 0.500. The second kappa shape index (κ2) is 9.22. The van der Waals surface area contributed by atoms with E-state index in [4.69, 9.17) is 17.0 Å². The molecule has 0 radical (unpaired) electrons. The lowest BCUT2D eigenvalue weighted by atomic mass is 9.79. The van der Waals surface area contributed by atoms with Crippen LogP contribution < -0.4 is 15.5 Å². The SMILES string of the molecule is Cc1cc(N2CCOCC2)nc(NC(=S)NCC2(c3ccc(F)cc3)CCCC2)n1. The van der Waals surface area contributed by atoms with Gasteiger partial charge in [0.15, 0.2) is 5.11 Å². The van der Waals surface area contributed by atoms with Gasteiger partial charge in [0, 0.05) is 36.8 Å². The standard InChI is InChI=1S/C22H28FN5OS/c1-16-14-19(28-10-12-29-13-11-28)26-20(25-16)27-21(30)24-15-22(8-2-3-9-22)17-4-6-18(23)7-5-17/h4-7,14H,2-3,8-13,15H2,1H3,(H2,24,25,26,27,30). The largest absolute Gasteiger partial charge is 0.378 e. The van der Waals surface area contributed by atoms with Gasteiger partial charge in [-0.1, -0.05) is 25.0 Å². The number of hydrogen-bond donors (Lipinski definition) is 2. The Morgan fingerprint density at radius 3 is 2.57 bits per heavy atom. The predicted molar refractivity (Wildman–Crippen MR) is 121 cm³/mol. The lowest BCUT2D eigenvalue weighted by Crippen LogP contribution is -2.41. The summed E-state index contributed by atoms with van der Waals surface area (Å²) in [7, 11) is 0. The molecule has 1 saturated heterocycles. The van der Waals surface area contributed by atoms with Gasteiger partial charge in [-0.2, -0.15) is 4.98 Å². The molecule has 160 valence electrons. The Bertz CT molecular complexity index is 880. The number of nitrogens with one attached hydrogen (secondary N) is 2. The molecule has 0 unspecified atom stereocenters. The molecule has 0 amide bonds. The van der Waals surface area contributed by atoms with Crippen LogP contribution in [0.25, 0.3) is 0 Å². The number of benzene rings is 1. The van der Waals surface area contributed by atoms with E-state index in [-0.39, 0.29) is 11.2 Å². The third kappa shape index (κ3) is 4.87. The minimum Gasteiger partial charge on any atom is -0.378 e. The Labute approximate surface area is 182 Å². The Balaban J connectivity index is 1.41. The molecule has 8 heteroatoms. The number of aryl methyl sites for hydroxylation is 1. The van der Waals surface area contributed by atoms with Crippen LogP contribution >= 0.6 is 12.2 Å². The van der Waals surface area contributed by atoms with E-state index in [1.54, 1.807) is 12.1 Å². The normalized spacial score (nSPS) is 18.3. The van der Waals surface area contributed by atoms with Gasteiger partial charge < -0.3 is 20.3 Å². The molecule has 2 fully saturated rings. The number of ether oxygens (including phenoxy) is 1. The highest BCUT2D eigenvalue weighted by Crippen LogP contribution is 2.40. The van der Waals surface area contributed by atoms with Gasteiger partial charge in [0.25, 0.3) is 0 Å². The Morgan fingerprint density at radius 2 is 1.87 bits per heavy atom. The number of anilines is 2. The molecule has 1 aliphatic heterocycles. The summed E-state index contributed by atoms with van der Waals surface area (Å²) in [4.78, 5) is 11.3. The maximum absolute atomic E-state index is 13.4. The van der Waals surface area contributed by atoms with Crippen LogP contribution in [0.1, 0.15) is 36.9 Å². The van der Waals surface area contributed by atoms with E-state index >= 15 is 0 Å². The molecular weight excluding hydrogens is 401 g/mol. The molecule has 30 heavy (non-hydrogen) atoms. The number of thiocarbonyl (C=S) groups is 1. The van der Waals surface area contributed by atoms with Crippen LogP contribution in [0.15, 0.2) is 30.3 Å². The van der Waals surface area contributed by atoms with E-state index in [1.807, 2.05) is 25.1 Å². The van der Waals surface area contributed by atoms with Crippen molar-refractivity contribution in [3.63, 3.8) is 0 Å². The first-order valence-corrected chi connectivity index (χ1v) is 10.9. The number of morpholine rings is 1. The molecule has 0 bridgehead atoms. The summed E-state index contributed by atoms with van der Waals surface area (Å²) in [6.45, 7) is 5.70. The van der Waals surface area contributed by atoms with Crippen LogP contribution in [0.2, 0.25) is 0 Å². The molecule has 6 nitrogen and oxygen atoms in total. The molecule has 1 aliphatic carbocycles. The summed E-state index contributed by atoms with van der Waals surface area (Å²) >= 11 is 5.54. The van der Waals surface area contributed by atoms with Crippen LogP contribution in [-0.4, -0.2) is 47.9 Å². The molecular formula is C22H28FN5OS. The molecule has 2 aromatic rings. The van der Waals surface area contributed by atoms with Gasteiger partial charge in [-0.05, 0) is 49.7 Å². The first-order chi connectivity index (χ1) is 14.5. The van der Waals surface area contributed by atoms with Gasteiger partial charge in [0.05, 0.1) is 13.2 Å². The Morgan fingerprint density at radius 1 is 1.17 bits per heavy atom. The highest BCUT2D eigenvalue weighted by molar-refractivity contribution is 7.80. The van der Waals surface area contributed by atoms with Crippen molar-refractivity contribution in [3.8, 4) is 0 Å². The molecule has 4 rings (SSSR count). The van der Waals surface area contributed by atoms with Crippen molar-refractivity contribution in [3.05, 3.63) is 47.4 Å². The van der Waals surface area contributed by atoms with Crippen LogP contribution in [0.5, 0.6) is 0 Å². The molecule has 1 saturated carbocycles. The van der Waals surface area contributed by atoms with Crippen molar-refractivity contribution >= 4 is 29.1 Å². The van der Waals surface area contributed by atoms with Crippen molar-refractivity contribution in [2.24, 2.45) is 0 Å². The minimum absolute atomic E-state index is 0.0220. The topological polar surface area (TPSA) is 62.3 Å². The number of halogens is 1. The van der Waals surface area contributed by atoms with E-state index in [2.05, 4.69) is 25.5 Å². The Kier molecular flexibility index (Phi) is 6.43. The predicted octanol–water partition coefficient (Wildman–Crippen LogP) is 3.56. The van der Waals surface area contributed by atoms with E-state index in [0.717, 1.165) is 43.0 Å². The monoisotopic (exact) mass is 429 g/mol. The van der Waals surface area contributed by atoms with Gasteiger partial charge in [0.2, 0.25) is 5.95 Å². The van der Waals surface area contributed by atoms with Gasteiger partial charge >= 0.3 is 0 Å². The van der Waals surface area contributed by atoms with Crippen LogP contribution in [-0.2, 0) is 10.2 Å². The molecule has 0 spiro atoms. The average molecular weight is 430 g/mol. The maximum Gasteiger partial charge on any atom is 0.231 e. The average Bonchev–Trinajstić information content (AvgIpc) is 3.23. The third-order valence-electron chi connectivity index (χ3n) is 6.01. The molecule has 2 aliphatic rings. The summed E-state index contributed by atoms with van der Waals surface area (Å²) in [5, 5.41) is 7.00. The summed E-state index contributed by atoms with van der Waals surface area (Å²) < 4.78 is 18.8. The first kappa shape index (κ1) is 20.9. The minimum atomic E-state index is -0.204. The van der Waals surface area contributed by atoms with Crippen molar-refractivity contribution in [1.29, 1.82) is 0 Å². The number of aromatic nitrogens is 2. The first-order valence-electron chi connectivity index (χ1n) is 10.5. The van der Waals surface area contributed by atoms with Gasteiger partial charge in [-0.25, -0.2) is 9.37 Å². The Hall–Kier alpha value is -2.32. The highest BCUT2D eigenvalue weighted by atomic mass is 32.1. The smallest absolute Gasteiger partial charge is 0.231 e. The van der Waals surface area contributed by atoms with Gasteiger partial charge in [0.1, 0.15) is 11.6 Å². The van der Waals surface area contributed by atoms with E-state index < -0.39 is 0 Å². The summed E-state index contributed by atoms with van der Waals surface area (Å²) in [5.41, 5.74) is 2.03. The van der Waals surface area contributed by atoms with Gasteiger partial charge in [-0.3, -0.25) is 0 Å². The molecule has 1 aromatic heterocycles. The fourth-order valence-corrected chi connectivity index (χ4v) is 4.54. The van der Waals surface area contributed by atoms with E-state index in [9.17, 15) is 4.39 Å². The highest BCUT2D eigenvalue weighted by Gasteiger charge is 2.35. The summed E-state index contributed by atoms with van der Waals surface area (Å²) in [6.07, 6.45) is 4.47. The molecule has 0 atom stereocenters. The number of hydrogen-bond acceptors (Lipinski definition) is 5. The summed E-state index contributed by atoms with van der Waals surface area (Å²) in [5.74, 6) is 1.18. The maximum atomic E-state index is 13.4. The van der Waals surface area contributed by atoms with E-state index in [0.29, 0.717) is 30.8 Å². The second-order valence-corrected chi connectivity index (χ2v) is 8.50. The lowest BCUT2D eigenvalue weighted by Gasteiger charge is -2.30. The zero-order valence-electron chi connectivity index (χ0n) is 17.3. The second-order valence-electron chi connectivity index (χ2n) is 8.09. The zero-order valence-corrected chi connectivity index (χ0v) is 18.1. The van der Waals surface area contributed by atoms with Crippen molar-refractivity contribution in [2.75, 3.05) is 43.1 Å². The van der Waals surface area contributed by atoms with Crippen molar-refractivity contribution < 1.29 is 9.13 Å². The molecule has 1 aromatic carbocycles. The fourth-order valence-electron chi connectivity index (χ4n) is 4.38. The van der Waals surface area contributed by atoms with Crippen molar-refractivity contribution in [1.82, 2.24) is 15.3 Å². The van der Waals surface area contributed by atoms with Crippen LogP contribution in [0.3, 0.4) is 0 Å². The molecule has 2 N–H and O–H groups in total. The zero-order chi connectivity index (χ0) is 21.0. The molecule has 2 heterocycles. The number of rotatable bonds is 5. The quantitative estimate of drug-likeness (QED) is 0.705. The van der Waals surface area contributed by atoms with Crippen molar-refractivity contribution in [2.45, 2.75) is 38.0 Å². The number of nitrogens with zero attached hydrogens (tertiary/aromatic N) is 3. The lowest BCUT2D eigenvalue weighted by molar-refractivity contribution is 0.122. The van der Waals surface area contributed by atoms with E-state index in [1.165, 1.54) is 12.8 Å². The third-order valence-corrected chi connectivity index (χ3v) is 6.25. The summed E-state index contributed by atoms with van der Waals surface area (Å²) in [6, 6.07) is 8.86. The van der Waals surface area contributed by atoms with Gasteiger partial charge in [-0.15, -0.1) is 0 Å².